The molecule has 0 radical (unpaired) electrons. The third-order valence-electron chi connectivity index (χ3n) is 7.77. The Kier molecular flexibility index (Phi) is 5.79. The summed E-state index contributed by atoms with van der Waals surface area (Å²) in [6.07, 6.45) is 0. The molecule has 0 saturated carbocycles. The Labute approximate surface area is 234 Å². The van der Waals surface area contributed by atoms with E-state index in [4.69, 9.17) is 11.5 Å². The minimum absolute atomic E-state index is 0.676. The second kappa shape index (κ2) is 9.76. The number of hydrogen-bond acceptors (Lipinski definition) is 2. The van der Waals surface area contributed by atoms with E-state index < -0.39 is 0 Å². The molecule has 0 fully saturated rings. The van der Waals surface area contributed by atoms with Crippen LogP contribution in [0.3, 0.4) is 0 Å². The van der Waals surface area contributed by atoms with Crippen molar-refractivity contribution in [3.63, 3.8) is 0 Å². The predicted molar refractivity (Wildman–Crippen MR) is 172 cm³/mol. The van der Waals surface area contributed by atoms with Crippen LogP contribution in [0.15, 0.2) is 146 Å². The van der Waals surface area contributed by atoms with Gasteiger partial charge in [0.25, 0.3) is 0 Å². The highest BCUT2D eigenvalue weighted by Crippen LogP contribution is 2.41. The zero-order valence-corrected chi connectivity index (χ0v) is 22.0. The number of hydrogen-bond donors (Lipinski definition) is 2. The van der Waals surface area contributed by atoms with Crippen LogP contribution in [0.1, 0.15) is 0 Å². The number of anilines is 2. The molecule has 2 nitrogen and oxygen atoms in total. The Morgan fingerprint density at radius 3 is 1.27 bits per heavy atom. The summed E-state index contributed by atoms with van der Waals surface area (Å²) in [5.74, 6) is 0. The maximum atomic E-state index is 6.86. The van der Waals surface area contributed by atoms with Crippen molar-refractivity contribution in [3.05, 3.63) is 146 Å². The molecule has 0 aliphatic carbocycles. The minimum atomic E-state index is 0.676. The average molecular weight is 513 g/mol. The Balaban J connectivity index is 1.27. The molecule has 0 saturated heterocycles. The quantitative estimate of drug-likeness (QED) is 0.231. The van der Waals surface area contributed by atoms with Gasteiger partial charge in [0.1, 0.15) is 0 Å². The molecule has 0 unspecified atom stereocenters. The molecule has 190 valence electrons. The molecule has 40 heavy (non-hydrogen) atoms. The first-order chi connectivity index (χ1) is 19.6. The molecule has 0 aliphatic heterocycles. The lowest BCUT2D eigenvalue weighted by molar-refractivity contribution is 1.59. The van der Waals surface area contributed by atoms with Gasteiger partial charge in [0.15, 0.2) is 0 Å². The van der Waals surface area contributed by atoms with Crippen LogP contribution in [0.25, 0.3) is 66.1 Å². The highest BCUT2D eigenvalue weighted by molar-refractivity contribution is 6.00. The van der Waals surface area contributed by atoms with E-state index in [1.54, 1.807) is 0 Å². The van der Waals surface area contributed by atoms with Gasteiger partial charge in [-0.1, -0.05) is 115 Å². The van der Waals surface area contributed by atoms with Gasteiger partial charge in [0.05, 0.1) is 0 Å². The van der Waals surface area contributed by atoms with Crippen LogP contribution < -0.4 is 11.5 Å². The van der Waals surface area contributed by atoms with E-state index in [2.05, 4.69) is 121 Å². The summed E-state index contributed by atoms with van der Waals surface area (Å²) in [5, 5.41) is 4.71. The Morgan fingerprint density at radius 1 is 0.325 bits per heavy atom. The summed E-state index contributed by atoms with van der Waals surface area (Å²) in [4.78, 5) is 0. The fraction of sp³-hybridized carbons (Fsp3) is 0. The van der Waals surface area contributed by atoms with Crippen molar-refractivity contribution >= 4 is 32.9 Å². The van der Waals surface area contributed by atoms with Crippen molar-refractivity contribution in [1.29, 1.82) is 0 Å². The third kappa shape index (κ3) is 4.26. The van der Waals surface area contributed by atoms with Crippen molar-refractivity contribution in [3.8, 4) is 44.5 Å². The molecule has 7 rings (SSSR count). The van der Waals surface area contributed by atoms with Gasteiger partial charge in [-0.25, -0.2) is 0 Å². The first-order valence-corrected chi connectivity index (χ1v) is 13.5. The standard InChI is InChI=1S/C38H28N2/c39-36-20-19-35(33-17-15-29-21-27(11-13-31(29)23-33)25-7-3-1-4-8-25)38(40)37(36)34-18-16-30-22-28(12-14-32(30)24-34)26-9-5-2-6-10-26/h1-24H,39-40H2. The van der Waals surface area contributed by atoms with Crippen LogP contribution in [-0.2, 0) is 0 Å². The smallest absolute Gasteiger partial charge is 0.0494 e. The normalized spacial score (nSPS) is 11.2. The number of fused-ring (bicyclic) bond motifs is 2. The highest BCUT2D eigenvalue weighted by Gasteiger charge is 2.14. The summed E-state index contributed by atoms with van der Waals surface area (Å²) < 4.78 is 0. The van der Waals surface area contributed by atoms with E-state index >= 15 is 0 Å². The largest absolute Gasteiger partial charge is 0.398 e. The zero-order chi connectivity index (χ0) is 27.1. The molecule has 0 spiro atoms. The molecular weight excluding hydrogens is 484 g/mol. The number of nitrogens with two attached hydrogens (primary N) is 2. The van der Waals surface area contributed by atoms with E-state index in [-0.39, 0.29) is 0 Å². The van der Waals surface area contributed by atoms with Crippen LogP contribution in [0, 0.1) is 0 Å². The molecule has 0 aromatic heterocycles. The molecule has 7 aromatic carbocycles. The number of rotatable bonds is 4. The third-order valence-corrected chi connectivity index (χ3v) is 7.77. The van der Waals surface area contributed by atoms with Gasteiger partial charge < -0.3 is 11.5 Å². The monoisotopic (exact) mass is 512 g/mol. The van der Waals surface area contributed by atoms with Crippen molar-refractivity contribution in [1.82, 2.24) is 0 Å². The van der Waals surface area contributed by atoms with Gasteiger partial charge in [0, 0.05) is 22.5 Å². The van der Waals surface area contributed by atoms with Crippen molar-refractivity contribution in [2.75, 3.05) is 11.5 Å². The zero-order valence-electron chi connectivity index (χ0n) is 22.0. The number of benzene rings is 7. The van der Waals surface area contributed by atoms with Crippen LogP contribution >= 0.6 is 0 Å². The molecule has 0 aliphatic rings. The molecule has 0 atom stereocenters. The fourth-order valence-electron chi connectivity index (χ4n) is 5.65. The van der Waals surface area contributed by atoms with Gasteiger partial charge in [-0.3, -0.25) is 0 Å². The predicted octanol–water partition coefficient (Wildman–Crippen LogP) is 9.83. The second-order valence-electron chi connectivity index (χ2n) is 10.3. The second-order valence-corrected chi connectivity index (χ2v) is 10.3. The van der Waals surface area contributed by atoms with E-state index in [9.17, 15) is 0 Å². The summed E-state index contributed by atoms with van der Waals surface area (Å²) in [6.45, 7) is 0. The van der Waals surface area contributed by atoms with Gasteiger partial charge >= 0.3 is 0 Å². The van der Waals surface area contributed by atoms with E-state index in [1.807, 2.05) is 24.3 Å². The summed E-state index contributed by atoms with van der Waals surface area (Å²) in [7, 11) is 0. The van der Waals surface area contributed by atoms with Crippen molar-refractivity contribution in [2.24, 2.45) is 0 Å². The summed E-state index contributed by atoms with van der Waals surface area (Å²) in [5.41, 5.74) is 23.6. The van der Waals surface area contributed by atoms with Crippen molar-refractivity contribution < 1.29 is 0 Å². The number of nitrogen functional groups attached to an aromatic ring is 2. The maximum Gasteiger partial charge on any atom is 0.0494 e. The molecule has 0 bridgehead atoms. The van der Waals surface area contributed by atoms with Gasteiger partial charge in [-0.2, -0.15) is 0 Å². The van der Waals surface area contributed by atoms with Crippen LogP contribution in [0.4, 0.5) is 11.4 Å². The molecule has 2 heteroatoms. The first kappa shape index (κ1) is 23.8. The van der Waals surface area contributed by atoms with Gasteiger partial charge in [-0.15, -0.1) is 0 Å². The Morgan fingerprint density at radius 2 is 0.750 bits per heavy atom. The summed E-state index contributed by atoms with van der Waals surface area (Å²) >= 11 is 0. The van der Waals surface area contributed by atoms with Gasteiger partial charge in [0.2, 0.25) is 0 Å². The maximum absolute atomic E-state index is 6.86. The van der Waals surface area contributed by atoms with Crippen LogP contribution in [0.2, 0.25) is 0 Å². The highest BCUT2D eigenvalue weighted by atomic mass is 14.6. The fourth-order valence-corrected chi connectivity index (χ4v) is 5.65. The summed E-state index contributed by atoms with van der Waals surface area (Å²) in [6, 6.07) is 51.1. The van der Waals surface area contributed by atoms with Crippen molar-refractivity contribution in [2.45, 2.75) is 0 Å². The first-order valence-electron chi connectivity index (χ1n) is 13.5. The van der Waals surface area contributed by atoms with Gasteiger partial charge in [-0.05, 0) is 85.3 Å². The Bertz CT molecular complexity index is 2010. The molecule has 4 N–H and O–H groups in total. The molecule has 7 aromatic rings. The lowest BCUT2D eigenvalue weighted by Gasteiger charge is -2.16. The van der Waals surface area contributed by atoms with E-state index in [1.165, 1.54) is 38.4 Å². The Hall–Kier alpha value is -5.34. The SMILES string of the molecule is Nc1ccc(-c2ccc3cc(-c4ccccc4)ccc3c2)c(N)c1-c1ccc2cc(-c3ccccc3)ccc2c1. The minimum Gasteiger partial charge on any atom is -0.398 e. The molecule has 0 amide bonds. The van der Waals surface area contributed by atoms with E-state index in [0.29, 0.717) is 11.4 Å². The average Bonchev–Trinajstić information content (AvgIpc) is 3.01. The lowest BCUT2D eigenvalue weighted by atomic mass is 9.92. The topological polar surface area (TPSA) is 52.0 Å². The van der Waals surface area contributed by atoms with E-state index in [0.717, 1.165) is 27.6 Å². The lowest BCUT2D eigenvalue weighted by Crippen LogP contribution is -1.99. The molecule has 0 heterocycles. The van der Waals surface area contributed by atoms with Crippen LogP contribution in [0.5, 0.6) is 0 Å². The van der Waals surface area contributed by atoms with Crippen LogP contribution in [-0.4, -0.2) is 0 Å². The molecular formula is C38H28N2.